The highest BCUT2D eigenvalue weighted by molar-refractivity contribution is 5.81. The topological polar surface area (TPSA) is 66.8 Å². The monoisotopic (exact) mass is 269 g/mol. The summed E-state index contributed by atoms with van der Waals surface area (Å²) < 4.78 is 5.36. The maximum Gasteiger partial charge on any atom is 0.311 e. The van der Waals surface area contributed by atoms with Crippen molar-refractivity contribution in [2.45, 2.75) is 39.0 Å². The summed E-state index contributed by atoms with van der Waals surface area (Å²) in [5.41, 5.74) is -0.747. The van der Waals surface area contributed by atoms with E-state index in [1.54, 1.807) is 4.90 Å². The van der Waals surface area contributed by atoms with Crippen LogP contribution in [-0.4, -0.2) is 48.2 Å². The van der Waals surface area contributed by atoms with Crippen LogP contribution >= 0.6 is 0 Å². The molecule has 0 aliphatic carbocycles. The van der Waals surface area contributed by atoms with Crippen LogP contribution in [0.5, 0.6) is 0 Å². The molecule has 2 unspecified atom stereocenters. The fraction of sp³-hybridized carbons (Fsp3) is 0.857. The van der Waals surface area contributed by atoms with Gasteiger partial charge in [0.1, 0.15) is 0 Å². The average molecular weight is 269 g/mol. The van der Waals surface area contributed by atoms with E-state index in [9.17, 15) is 14.7 Å². The van der Waals surface area contributed by atoms with E-state index >= 15 is 0 Å². The first-order chi connectivity index (χ1) is 9.09. The first-order valence-corrected chi connectivity index (χ1v) is 7.19. The largest absolute Gasteiger partial charge is 0.481 e. The van der Waals surface area contributed by atoms with Gasteiger partial charge in [0.25, 0.3) is 0 Å². The molecule has 108 valence electrons. The normalized spacial score (nSPS) is 32.1. The minimum absolute atomic E-state index is 0.0739. The van der Waals surface area contributed by atoms with Gasteiger partial charge in [-0.1, -0.05) is 6.92 Å². The van der Waals surface area contributed by atoms with Crippen molar-refractivity contribution in [1.82, 2.24) is 4.90 Å². The molecule has 0 aromatic heterocycles. The molecule has 0 saturated carbocycles. The number of carboxylic acid groups (broad SMARTS) is 1. The highest BCUT2D eigenvalue weighted by Crippen LogP contribution is 2.34. The first-order valence-electron chi connectivity index (χ1n) is 7.19. The van der Waals surface area contributed by atoms with Gasteiger partial charge in [-0.25, -0.2) is 0 Å². The van der Waals surface area contributed by atoms with Gasteiger partial charge in [-0.3, -0.25) is 9.59 Å². The number of likely N-dealkylation sites (tertiary alicyclic amines) is 1. The van der Waals surface area contributed by atoms with Gasteiger partial charge in [0.15, 0.2) is 0 Å². The minimum Gasteiger partial charge on any atom is -0.481 e. The molecule has 2 saturated heterocycles. The third kappa shape index (κ3) is 2.91. The predicted molar refractivity (Wildman–Crippen MR) is 69.7 cm³/mol. The number of amides is 1. The summed E-state index contributed by atoms with van der Waals surface area (Å²) in [7, 11) is 0. The van der Waals surface area contributed by atoms with Gasteiger partial charge in [0, 0.05) is 19.7 Å². The Labute approximate surface area is 113 Å². The Bertz CT molecular complexity index is 351. The predicted octanol–water partition coefficient (Wildman–Crippen LogP) is 1.52. The van der Waals surface area contributed by atoms with Crippen LogP contribution in [0.25, 0.3) is 0 Å². The molecule has 2 fully saturated rings. The number of carbonyl (C=O) groups is 2. The highest BCUT2D eigenvalue weighted by Gasteiger charge is 2.43. The maximum absolute atomic E-state index is 12.4. The summed E-state index contributed by atoms with van der Waals surface area (Å²) in [4.78, 5) is 25.7. The standard InChI is InChI=1S/C14H23NO4/c1-2-14(13(17)18)6-4-7-15(10-14)12(16)11-5-3-8-19-9-11/h11H,2-10H2,1H3,(H,17,18). The lowest BCUT2D eigenvalue weighted by Gasteiger charge is -2.41. The molecule has 1 N–H and O–H groups in total. The SMILES string of the molecule is CCC1(C(=O)O)CCCN(C(=O)C2CCCOC2)C1. The molecule has 0 bridgehead atoms. The molecule has 2 atom stereocenters. The zero-order valence-corrected chi connectivity index (χ0v) is 11.6. The molecule has 0 spiro atoms. The second-order valence-corrected chi connectivity index (χ2v) is 5.72. The molecule has 2 aliphatic rings. The van der Waals surface area contributed by atoms with E-state index in [0.29, 0.717) is 32.5 Å². The Morgan fingerprint density at radius 1 is 1.42 bits per heavy atom. The molecule has 2 rings (SSSR count). The van der Waals surface area contributed by atoms with Crippen molar-refractivity contribution in [2.24, 2.45) is 11.3 Å². The Hall–Kier alpha value is -1.10. The van der Waals surface area contributed by atoms with Crippen LogP contribution in [-0.2, 0) is 14.3 Å². The third-order valence-electron chi connectivity index (χ3n) is 4.53. The molecule has 5 heteroatoms. The van der Waals surface area contributed by atoms with Crippen molar-refractivity contribution in [3.05, 3.63) is 0 Å². The minimum atomic E-state index is -0.771. The number of piperidine rings is 1. The number of rotatable bonds is 3. The smallest absolute Gasteiger partial charge is 0.311 e. The Balaban J connectivity index is 2.03. The Kier molecular flexibility index (Phi) is 4.45. The van der Waals surface area contributed by atoms with Crippen LogP contribution in [0.1, 0.15) is 39.0 Å². The van der Waals surface area contributed by atoms with E-state index in [1.165, 1.54) is 0 Å². The summed E-state index contributed by atoms with van der Waals surface area (Å²) in [5.74, 6) is -0.763. The highest BCUT2D eigenvalue weighted by atomic mass is 16.5. The van der Waals surface area contributed by atoms with Crippen LogP contribution in [0, 0.1) is 11.3 Å². The van der Waals surface area contributed by atoms with Crippen molar-refractivity contribution in [3.63, 3.8) is 0 Å². The van der Waals surface area contributed by atoms with E-state index in [-0.39, 0.29) is 11.8 Å². The van der Waals surface area contributed by atoms with E-state index < -0.39 is 11.4 Å². The zero-order valence-electron chi connectivity index (χ0n) is 11.6. The summed E-state index contributed by atoms with van der Waals surface area (Å²) >= 11 is 0. The Morgan fingerprint density at radius 2 is 2.21 bits per heavy atom. The van der Waals surface area contributed by atoms with Gasteiger partial charge < -0.3 is 14.7 Å². The number of ether oxygens (including phenoxy) is 1. The van der Waals surface area contributed by atoms with Gasteiger partial charge in [-0.15, -0.1) is 0 Å². The molecule has 5 nitrogen and oxygen atoms in total. The molecule has 0 radical (unpaired) electrons. The van der Waals surface area contributed by atoms with Crippen LogP contribution in [0.4, 0.5) is 0 Å². The summed E-state index contributed by atoms with van der Waals surface area (Å²) in [6, 6.07) is 0. The molecule has 19 heavy (non-hydrogen) atoms. The fourth-order valence-corrected chi connectivity index (χ4v) is 3.13. The number of carbonyl (C=O) groups excluding carboxylic acids is 1. The number of aliphatic carboxylic acids is 1. The molecule has 0 aromatic carbocycles. The quantitative estimate of drug-likeness (QED) is 0.843. The van der Waals surface area contributed by atoms with Gasteiger partial charge in [-0.05, 0) is 32.1 Å². The lowest BCUT2D eigenvalue weighted by Crippen LogP contribution is -2.51. The second-order valence-electron chi connectivity index (χ2n) is 5.72. The molecule has 0 aromatic rings. The zero-order chi connectivity index (χ0) is 13.9. The summed E-state index contributed by atoms with van der Waals surface area (Å²) in [5, 5.41) is 9.44. The number of carboxylic acids is 1. The average Bonchev–Trinajstić information content (AvgIpc) is 2.47. The van der Waals surface area contributed by atoms with Crippen molar-refractivity contribution < 1.29 is 19.4 Å². The number of hydrogen-bond acceptors (Lipinski definition) is 3. The molecule has 1 amide bonds. The first kappa shape index (κ1) is 14.3. The van der Waals surface area contributed by atoms with Crippen molar-refractivity contribution in [2.75, 3.05) is 26.3 Å². The third-order valence-corrected chi connectivity index (χ3v) is 4.53. The lowest BCUT2D eigenvalue weighted by molar-refractivity contribution is -0.157. The number of nitrogens with zero attached hydrogens (tertiary/aromatic N) is 1. The lowest BCUT2D eigenvalue weighted by atomic mass is 9.77. The fourth-order valence-electron chi connectivity index (χ4n) is 3.13. The van der Waals surface area contributed by atoms with Gasteiger partial charge in [0.05, 0.1) is 17.9 Å². The van der Waals surface area contributed by atoms with Gasteiger partial charge >= 0.3 is 5.97 Å². The van der Waals surface area contributed by atoms with Gasteiger partial charge in [-0.2, -0.15) is 0 Å². The van der Waals surface area contributed by atoms with Crippen molar-refractivity contribution >= 4 is 11.9 Å². The van der Waals surface area contributed by atoms with Crippen molar-refractivity contribution in [1.29, 1.82) is 0 Å². The van der Waals surface area contributed by atoms with Crippen LogP contribution < -0.4 is 0 Å². The molecular weight excluding hydrogens is 246 g/mol. The molecular formula is C14H23NO4. The molecule has 2 aliphatic heterocycles. The summed E-state index contributed by atoms with van der Waals surface area (Å²) in [6.07, 6.45) is 3.81. The second kappa shape index (κ2) is 5.90. The van der Waals surface area contributed by atoms with Gasteiger partial charge in [0.2, 0.25) is 5.91 Å². The van der Waals surface area contributed by atoms with Crippen LogP contribution in [0.3, 0.4) is 0 Å². The number of hydrogen-bond donors (Lipinski definition) is 1. The van der Waals surface area contributed by atoms with E-state index in [4.69, 9.17) is 4.74 Å². The van der Waals surface area contributed by atoms with E-state index in [2.05, 4.69) is 0 Å². The maximum atomic E-state index is 12.4. The van der Waals surface area contributed by atoms with Crippen molar-refractivity contribution in [3.8, 4) is 0 Å². The van der Waals surface area contributed by atoms with E-state index in [0.717, 1.165) is 25.9 Å². The van der Waals surface area contributed by atoms with Crippen LogP contribution in [0.15, 0.2) is 0 Å². The Morgan fingerprint density at radius 3 is 2.79 bits per heavy atom. The van der Waals surface area contributed by atoms with E-state index in [1.807, 2.05) is 6.92 Å². The molecule has 2 heterocycles. The summed E-state index contributed by atoms with van der Waals surface area (Å²) in [6.45, 7) is 4.16. The van der Waals surface area contributed by atoms with Crippen LogP contribution in [0.2, 0.25) is 0 Å².